The molecule has 4 heteroatoms. The smallest absolute Gasteiger partial charge is 0.119 e. The zero-order chi connectivity index (χ0) is 22.6. The first-order valence-electron chi connectivity index (χ1n) is 11.9. The van der Waals surface area contributed by atoms with E-state index >= 15 is 0 Å². The van der Waals surface area contributed by atoms with Gasteiger partial charge in [0.1, 0.15) is 23.9 Å². The summed E-state index contributed by atoms with van der Waals surface area (Å²) in [5, 5.41) is 20.3. The van der Waals surface area contributed by atoms with E-state index in [-0.39, 0.29) is 11.2 Å². The Morgan fingerprint density at radius 2 is 1.73 bits per heavy atom. The molecule has 0 radical (unpaired) electrons. The summed E-state index contributed by atoms with van der Waals surface area (Å²) >= 11 is 0. The summed E-state index contributed by atoms with van der Waals surface area (Å²) in [4.78, 5) is 2.37. The molecule has 0 bridgehead atoms. The largest absolute Gasteiger partial charge is 0.508 e. The Hall–Kier alpha value is -3.24. The molecule has 1 saturated heterocycles. The normalized spacial score (nSPS) is 23.5. The molecular formula is C29H29NO3. The fraction of sp³-hybridized carbons (Fsp3) is 0.310. The first kappa shape index (κ1) is 20.4. The molecule has 0 aromatic heterocycles. The van der Waals surface area contributed by atoms with Gasteiger partial charge in [-0.3, -0.25) is 0 Å². The predicted octanol–water partition coefficient (Wildman–Crippen LogP) is 5.25. The first-order valence-corrected chi connectivity index (χ1v) is 11.9. The third kappa shape index (κ3) is 3.32. The number of allylic oxidation sites excluding steroid dienone is 1. The van der Waals surface area contributed by atoms with Crippen LogP contribution in [0.25, 0.3) is 5.57 Å². The highest BCUT2D eigenvalue weighted by Gasteiger charge is 2.44. The van der Waals surface area contributed by atoms with Crippen LogP contribution < -0.4 is 4.74 Å². The zero-order valence-electron chi connectivity index (χ0n) is 18.9. The number of phenols is 2. The number of phenolic OH excluding ortho intramolecular Hbond substituents is 2. The molecule has 2 aliphatic carbocycles. The number of fused-ring (bicyclic) bond motifs is 4. The summed E-state index contributed by atoms with van der Waals surface area (Å²) in [6, 6.07) is 20.3. The molecule has 3 aliphatic rings. The Kier molecular flexibility index (Phi) is 4.73. The van der Waals surface area contributed by atoms with Crippen LogP contribution >= 0.6 is 0 Å². The van der Waals surface area contributed by atoms with Crippen LogP contribution in [0, 0.1) is 0 Å². The number of likely N-dealkylation sites (N-methyl/N-ethyl adjacent to an activating group) is 1. The molecule has 1 heterocycles. The average Bonchev–Trinajstić information content (AvgIpc) is 3.49. The molecule has 2 atom stereocenters. The number of benzene rings is 3. The second kappa shape index (κ2) is 7.67. The van der Waals surface area contributed by atoms with Gasteiger partial charge in [0.25, 0.3) is 0 Å². The van der Waals surface area contributed by atoms with Crippen molar-refractivity contribution in [1.82, 2.24) is 4.90 Å². The first-order chi connectivity index (χ1) is 16.0. The molecule has 6 rings (SSSR count). The third-order valence-electron chi connectivity index (χ3n) is 7.80. The van der Waals surface area contributed by atoms with Gasteiger partial charge in [-0.25, -0.2) is 0 Å². The van der Waals surface area contributed by atoms with E-state index in [2.05, 4.69) is 54.4 Å². The van der Waals surface area contributed by atoms with Gasteiger partial charge in [0, 0.05) is 11.5 Å². The molecule has 2 N–H and O–H groups in total. The average molecular weight is 440 g/mol. The molecule has 0 amide bonds. The fourth-order valence-electron chi connectivity index (χ4n) is 6.02. The van der Waals surface area contributed by atoms with Crippen molar-refractivity contribution in [3.63, 3.8) is 0 Å². The van der Waals surface area contributed by atoms with Crippen LogP contribution in [0.15, 0.2) is 66.7 Å². The summed E-state index contributed by atoms with van der Waals surface area (Å²) in [7, 11) is 2.17. The van der Waals surface area contributed by atoms with Gasteiger partial charge in [0.15, 0.2) is 0 Å². The Labute approximate surface area is 194 Å². The van der Waals surface area contributed by atoms with Crippen LogP contribution in [-0.2, 0) is 11.8 Å². The SMILES string of the molecule is CN1CCC[C@H]1COc1ccc(C2=CC3(CCc4cc(O)ccc43)c3ccc(O)cc32)cc1. The molecule has 1 aliphatic heterocycles. The minimum Gasteiger partial charge on any atom is -0.508 e. The number of hydrogen-bond acceptors (Lipinski definition) is 4. The minimum absolute atomic E-state index is 0.219. The number of ether oxygens (including phenoxy) is 1. The standard InChI is InChI=1S/C29H29NO3/c1-30-14-2-3-21(30)18-33-24-8-4-19(5-9-24)26-17-29(28-11-7-23(32)16-25(26)28)13-12-20-15-22(31)6-10-27(20)29/h4-11,15-17,21,31-32H,2-3,12-14,18H2,1H3/t21-,29?/m0/s1. The van der Waals surface area contributed by atoms with E-state index in [0.29, 0.717) is 11.8 Å². The molecule has 1 unspecified atom stereocenters. The van der Waals surface area contributed by atoms with Gasteiger partial charge in [0.2, 0.25) is 0 Å². The lowest BCUT2D eigenvalue weighted by atomic mass is 9.77. The Morgan fingerprint density at radius 1 is 0.970 bits per heavy atom. The molecular weight excluding hydrogens is 410 g/mol. The molecule has 3 aromatic rings. The summed E-state index contributed by atoms with van der Waals surface area (Å²) < 4.78 is 6.09. The van der Waals surface area contributed by atoms with E-state index in [1.807, 2.05) is 12.1 Å². The van der Waals surface area contributed by atoms with Crippen LogP contribution in [0.1, 0.15) is 47.1 Å². The second-order valence-corrected chi connectivity index (χ2v) is 9.71. The number of likely N-dealkylation sites (tertiary alicyclic amines) is 1. The summed E-state index contributed by atoms with van der Waals surface area (Å²) in [5.41, 5.74) is 6.81. The molecule has 168 valence electrons. The molecule has 33 heavy (non-hydrogen) atoms. The van der Waals surface area contributed by atoms with Crippen molar-refractivity contribution >= 4 is 5.57 Å². The highest BCUT2D eigenvalue weighted by atomic mass is 16.5. The molecule has 3 aromatic carbocycles. The molecule has 1 fully saturated rings. The van der Waals surface area contributed by atoms with Crippen molar-refractivity contribution in [1.29, 1.82) is 0 Å². The summed E-state index contributed by atoms with van der Waals surface area (Å²) in [6.07, 6.45) is 6.69. The van der Waals surface area contributed by atoms with E-state index in [4.69, 9.17) is 4.74 Å². The van der Waals surface area contributed by atoms with E-state index in [9.17, 15) is 10.2 Å². The van der Waals surface area contributed by atoms with Gasteiger partial charge in [-0.2, -0.15) is 0 Å². The molecule has 4 nitrogen and oxygen atoms in total. The third-order valence-corrected chi connectivity index (χ3v) is 7.80. The van der Waals surface area contributed by atoms with Crippen LogP contribution in [0.3, 0.4) is 0 Å². The van der Waals surface area contributed by atoms with Crippen molar-refractivity contribution in [2.75, 3.05) is 20.2 Å². The van der Waals surface area contributed by atoms with Gasteiger partial charge in [-0.15, -0.1) is 0 Å². The maximum absolute atomic E-state index is 10.3. The summed E-state index contributed by atoms with van der Waals surface area (Å²) in [6.45, 7) is 1.87. The van der Waals surface area contributed by atoms with Crippen molar-refractivity contribution in [3.8, 4) is 17.2 Å². The van der Waals surface area contributed by atoms with Gasteiger partial charge in [-0.1, -0.05) is 30.3 Å². The van der Waals surface area contributed by atoms with Crippen molar-refractivity contribution in [3.05, 3.63) is 94.6 Å². The Balaban J connectivity index is 1.35. The Morgan fingerprint density at radius 3 is 2.48 bits per heavy atom. The van der Waals surface area contributed by atoms with Crippen LogP contribution in [0.4, 0.5) is 0 Å². The summed E-state index contributed by atoms with van der Waals surface area (Å²) in [5.74, 6) is 1.49. The lowest BCUT2D eigenvalue weighted by Crippen LogP contribution is -2.30. The van der Waals surface area contributed by atoms with Gasteiger partial charge >= 0.3 is 0 Å². The van der Waals surface area contributed by atoms with Crippen LogP contribution in [0.5, 0.6) is 17.2 Å². The Bertz CT molecular complexity index is 1250. The van der Waals surface area contributed by atoms with Crippen molar-refractivity contribution in [2.24, 2.45) is 0 Å². The van der Waals surface area contributed by atoms with Crippen molar-refractivity contribution < 1.29 is 14.9 Å². The highest BCUT2D eigenvalue weighted by molar-refractivity contribution is 5.89. The topological polar surface area (TPSA) is 52.9 Å². The monoisotopic (exact) mass is 439 g/mol. The number of aryl methyl sites for hydroxylation is 1. The van der Waals surface area contributed by atoms with Crippen molar-refractivity contribution in [2.45, 2.75) is 37.1 Å². The van der Waals surface area contributed by atoms with Gasteiger partial charge in [-0.05, 0) is 109 Å². The second-order valence-electron chi connectivity index (χ2n) is 9.71. The number of rotatable bonds is 4. The van der Waals surface area contributed by atoms with E-state index in [0.717, 1.165) is 48.4 Å². The van der Waals surface area contributed by atoms with E-state index in [1.54, 1.807) is 12.1 Å². The van der Waals surface area contributed by atoms with Crippen LogP contribution in [0.2, 0.25) is 0 Å². The number of hydrogen-bond donors (Lipinski definition) is 2. The quantitative estimate of drug-likeness (QED) is 0.583. The lowest BCUT2D eigenvalue weighted by molar-refractivity contribution is 0.198. The zero-order valence-corrected chi connectivity index (χ0v) is 18.9. The predicted molar refractivity (Wildman–Crippen MR) is 130 cm³/mol. The maximum Gasteiger partial charge on any atom is 0.119 e. The van der Waals surface area contributed by atoms with Gasteiger partial charge < -0.3 is 19.8 Å². The lowest BCUT2D eigenvalue weighted by Gasteiger charge is -2.25. The fourth-order valence-corrected chi connectivity index (χ4v) is 6.02. The number of nitrogens with zero attached hydrogens (tertiary/aromatic N) is 1. The maximum atomic E-state index is 10.3. The molecule has 1 spiro atoms. The molecule has 0 saturated carbocycles. The van der Waals surface area contributed by atoms with Gasteiger partial charge in [0.05, 0.1) is 0 Å². The van der Waals surface area contributed by atoms with E-state index < -0.39 is 0 Å². The van der Waals surface area contributed by atoms with E-state index in [1.165, 1.54) is 29.5 Å². The highest BCUT2D eigenvalue weighted by Crippen LogP contribution is 2.54. The van der Waals surface area contributed by atoms with Crippen LogP contribution in [-0.4, -0.2) is 41.4 Å². The number of aromatic hydroxyl groups is 2. The minimum atomic E-state index is -0.219.